The van der Waals surface area contributed by atoms with Crippen LogP contribution in [0, 0.1) is 11.3 Å². The maximum atomic E-state index is 9.19. The van der Waals surface area contributed by atoms with E-state index in [0.29, 0.717) is 29.1 Å². The Bertz CT molecular complexity index is 856. The number of oxazole rings is 1. The van der Waals surface area contributed by atoms with Gasteiger partial charge in [0.05, 0.1) is 0 Å². The van der Waals surface area contributed by atoms with Crippen molar-refractivity contribution in [3.8, 4) is 11.8 Å². The molecule has 6 heteroatoms. The highest BCUT2D eigenvalue weighted by molar-refractivity contribution is 6.31. The molecule has 0 spiro atoms. The fourth-order valence-corrected chi connectivity index (χ4v) is 2.30. The summed E-state index contributed by atoms with van der Waals surface area (Å²) < 4.78 is 11.1. The number of aromatic nitrogens is 1. The van der Waals surface area contributed by atoms with Crippen molar-refractivity contribution in [3.05, 3.63) is 76.8 Å². The first kappa shape index (κ1) is 15.9. The molecular weight excluding hydrogens is 326 g/mol. The highest BCUT2D eigenvalue weighted by Crippen LogP contribution is 2.21. The highest BCUT2D eigenvalue weighted by Gasteiger charge is 2.13. The Morgan fingerprint density at radius 3 is 2.62 bits per heavy atom. The number of nitrogens with zero attached hydrogens (tertiary/aromatic N) is 2. The summed E-state index contributed by atoms with van der Waals surface area (Å²) in [7, 11) is 0. The van der Waals surface area contributed by atoms with Gasteiger partial charge in [0.25, 0.3) is 0 Å². The van der Waals surface area contributed by atoms with Crippen molar-refractivity contribution in [1.29, 1.82) is 5.26 Å². The Balaban J connectivity index is 1.67. The van der Waals surface area contributed by atoms with E-state index in [1.807, 2.05) is 60.7 Å². The van der Waals surface area contributed by atoms with Crippen molar-refractivity contribution < 1.29 is 9.15 Å². The van der Waals surface area contributed by atoms with E-state index in [0.717, 1.165) is 5.56 Å². The minimum atomic E-state index is 0.145. The predicted molar refractivity (Wildman–Crippen MR) is 90.8 cm³/mol. The van der Waals surface area contributed by atoms with E-state index in [9.17, 15) is 5.26 Å². The van der Waals surface area contributed by atoms with Gasteiger partial charge < -0.3 is 14.5 Å². The molecule has 0 saturated heterocycles. The second kappa shape index (κ2) is 7.53. The molecule has 1 N–H and O–H groups in total. The van der Waals surface area contributed by atoms with Crippen molar-refractivity contribution in [2.45, 2.75) is 13.2 Å². The van der Waals surface area contributed by atoms with Crippen LogP contribution in [0.15, 0.2) is 59.0 Å². The summed E-state index contributed by atoms with van der Waals surface area (Å²) in [5, 5.41) is 12.9. The normalized spacial score (nSPS) is 10.2. The van der Waals surface area contributed by atoms with E-state index in [2.05, 4.69) is 10.3 Å². The molecule has 0 atom stereocenters. The number of hydrogen-bond acceptors (Lipinski definition) is 5. The molecule has 0 radical (unpaired) electrons. The minimum absolute atomic E-state index is 0.145. The summed E-state index contributed by atoms with van der Waals surface area (Å²) in [5.41, 5.74) is 1.09. The van der Waals surface area contributed by atoms with Crippen LogP contribution in [0.2, 0.25) is 5.02 Å². The third kappa shape index (κ3) is 3.86. The van der Waals surface area contributed by atoms with Crippen LogP contribution in [0.4, 0.5) is 5.88 Å². The SMILES string of the molecule is N#Cc1nc(COc2ccccc2)oc1NCc1ccccc1Cl. The van der Waals surface area contributed by atoms with Gasteiger partial charge in [0.2, 0.25) is 17.5 Å². The van der Waals surface area contributed by atoms with Crippen LogP contribution in [0.25, 0.3) is 0 Å². The summed E-state index contributed by atoms with van der Waals surface area (Å²) >= 11 is 6.12. The number of benzene rings is 2. The molecule has 0 amide bonds. The molecule has 3 rings (SSSR count). The molecule has 0 saturated carbocycles. The number of halogens is 1. The second-order valence-corrected chi connectivity index (χ2v) is 5.35. The van der Waals surface area contributed by atoms with Crippen LogP contribution in [0.5, 0.6) is 5.75 Å². The zero-order chi connectivity index (χ0) is 16.8. The molecule has 5 nitrogen and oxygen atoms in total. The molecule has 0 unspecified atom stereocenters. The number of ether oxygens (including phenoxy) is 1. The van der Waals surface area contributed by atoms with Crippen LogP contribution in [-0.2, 0) is 13.2 Å². The first-order valence-corrected chi connectivity index (χ1v) is 7.69. The highest BCUT2D eigenvalue weighted by atomic mass is 35.5. The van der Waals surface area contributed by atoms with Gasteiger partial charge in [0.1, 0.15) is 11.8 Å². The molecule has 1 aromatic heterocycles. The van der Waals surface area contributed by atoms with Crippen LogP contribution in [0.1, 0.15) is 17.1 Å². The van der Waals surface area contributed by atoms with Gasteiger partial charge in [0.15, 0.2) is 6.61 Å². The smallest absolute Gasteiger partial charge is 0.236 e. The van der Waals surface area contributed by atoms with E-state index in [4.69, 9.17) is 20.8 Å². The van der Waals surface area contributed by atoms with Gasteiger partial charge >= 0.3 is 0 Å². The van der Waals surface area contributed by atoms with Crippen LogP contribution < -0.4 is 10.1 Å². The zero-order valence-corrected chi connectivity index (χ0v) is 13.5. The van der Waals surface area contributed by atoms with Gasteiger partial charge in [-0.05, 0) is 23.8 Å². The Kier molecular flexibility index (Phi) is 4.99. The maximum Gasteiger partial charge on any atom is 0.236 e. The Labute approximate surface area is 144 Å². The third-order valence-corrected chi connectivity index (χ3v) is 3.65. The number of hydrogen-bond donors (Lipinski definition) is 1. The van der Waals surface area contributed by atoms with Gasteiger partial charge in [-0.25, -0.2) is 0 Å². The van der Waals surface area contributed by atoms with Gasteiger partial charge in [-0.15, -0.1) is 0 Å². The van der Waals surface area contributed by atoms with Crippen molar-refractivity contribution >= 4 is 17.5 Å². The maximum absolute atomic E-state index is 9.19. The lowest BCUT2D eigenvalue weighted by Gasteiger charge is -2.05. The fraction of sp³-hybridized carbons (Fsp3) is 0.111. The Morgan fingerprint density at radius 1 is 1.12 bits per heavy atom. The predicted octanol–water partition coefficient (Wildman–Crippen LogP) is 4.39. The topological polar surface area (TPSA) is 71.1 Å². The molecule has 2 aromatic carbocycles. The zero-order valence-electron chi connectivity index (χ0n) is 12.7. The molecule has 24 heavy (non-hydrogen) atoms. The van der Waals surface area contributed by atoms with E-state index in [-0.39, 0.29) is 12.3 Å². The summed E-state index contributed by atoms with van der Waals surface area (Å²) in [6.07, 6.45) is 0. The number of para-hydroxylation sites is 1. The number of nitrogens with one attached hydrogen (secondary N) is 1. The summed E-state index contributed by atoms with van der Waals surface area (Å²) in [6, 6.07) is 18.8. The quantitative estimate of drug-likeness (QED) is 0.721. The van der Waals surface area contributed by atoms with Crippen LogP contribution >= 0.6 is 11.6 Å². The van der Waals surface area contributed by atoms with Crippen molar-refractivity contribution in [2.75, 3.05) is 5.32 Å². The largest absolute Gasteiger partial charge is 0.484 e. The second-order valence-electron chi connectivity index (χ2n) is 4.94. The van der Waals surface area contributed by atoms with Crippen LogP contribution in [-0.4, -0.2) is 4.98 Å². The standard InChI is InChI=1S/C18H14ClN3O2/c19-15-9-5-4-6-13(15)11-21-18-16(10-20)22-17(24-18)12-23-14-7-2-1-3-8-14/h1-9,21H,11-12H2. The number of anilines is 1. The number of nitriles is 1. The Morgan fingerprint density at radius 2 is 1.88 bits per heavy atom. The van der Waals surface area contributed by atoms with Gasteiger partial charge in [-0.1, -0.05) is 48.0 Å². The van der Waals surface area contributed by atoms with Crippen LogP contribution in [0.3, 0.4) is 0 Å². The molecular formula is C18H14ClN3O2. The summed E-state index contributed by atoms with van der Waals surface area (Å²) in [6.45, 7) is 0.578. The first-order valence-electron chi connectivity index (χ1n) is 7.31. The summed E-state index contributed by atoms with van der Waals surface area (Å²) in [5.74, 6) is 1.35. The average Bonchev–Trinajstić information content (AvgIpc) is 3.02. The number of rotatable bonds is 6. The third-order valence-electron chi connectivity index (χ3n) is 3.28. The lowest BCUT2D eigenvalue weighted by atomic mass is 10.2. The molecule has 0 fully saturated rings. The Hall–Kier alpha value is -2.97. The molecule has 0 aliphatic rings. The molecule has 0 bridgehead atoms. The van der Waals surface area contributed by atoms with Gasteiger partial charge in [-0.3, -0.25) is 0 Å². The first-order chi connectivity index (χ1) is 11.8. The average molecular weight is 340 g/mol. The lowest BCUT2D eigenvalue weighted by molar-refractivity contribution is 0.265. The van der Waals surface area contributed by atoms with Gasteiger partial charge in [0, 0.05) is 11.6 Å². The van der Waals surface area contributed by atoms with Crippen molar-refractivity contribution in [1.82, 2.24) is 4.98 Å². The van der Waals surface area contributed by atoms with Gasteiger partial charge in [-0.2, -0.15) is 10.2 Å². The lowest BCUT2D eigenvalue weighted by Crippen LogP contribution is -2.00. The molecule has 0 aliphatic heterocycles. The molecule has 120 valence electrons. The molecule has 1 heterocycles. The fourth-order valence-electron chi connectivity index (χ4n) is 2.10. The monoisotopic (exact) mass is 339 g/mol. The van der Waals surface area contributed by atoms with E-state index < -0.39 is 0 Å². The van der Waals surface area contributed by atoms with E-state index in [1.165, 1.54) is 0 Å². The summed E-state index contributed by atoms with van der Waals surface area (Å²) in [4.78, 5) is 4.13. The molecule has 0 aliphatic carbocycles. The molecule has 3 aromatic rings. The van der Waals surface area contributed by atoms with E-state index >= 15 is 0 Å². The van der Waals surface area contributed by atoms with Crippen molar-refractivity contribution in [2.24, 2.45) is 0 Å². The van der Waals surface area contributed by atoms with Crippen molar-refractivity contribution in [3.63, 3.8) is 0 Å². The van der Waals surface area contributed by atoms with E-state index in [1.54, 1.807) is 0 Å². The minimum Gasteiger partial charge on any atom is -0.484 e.